The molecule has 2 heterocycles. The molecule has 1 fully saturated rings. The van der Waals surface area contributed by atoms with Gasteiger partial charge < -0.3 is 15.0 Å². The van der Waals surface area contributed by atoms with Crippen LogP contribution in [0.3, 0.4) is 0 Å². The van der Waals surface area contributed by atoms with E-state index in [0.29, 0.717) is 6.04 Å². The number of anilines is 2. The highest BCUT2D eigenvalue weighted by molar-refractivity contribution is 5.49. The lowest BCUT2D eigenvalue weighted by Crippen LogP contribution is -2.30. The van der Waals surface area contributed by atoms with Crippen LogP contribution >= 0.6 is 0 Å². The van der Waals surface area contributed by atoms with E-state index in [0.717, 1.165) is 37.6 Å². The zero-order chi connectivity index (χ0) is 13.5. The van der Waals surface area contributed by atoms with Crippen LogP contribution in [0.5, 0.6) is 0 Å². The molecular formula is C15H25N3O. The summed E-state index contributed by atoms with van der Waals surface area (Å²) in [5, 5.41) is 3.45. The first-order valence-corrected chi connectivity index (χ1v) is 7.26. The third kappa shape index (κ3) is 4.39. The Morgan fingerprint density at radius 2 is 2.11 bits per heavy atom. The molecule has 106 valence electrons. The summed E-state index contributed by atoms with van der Waals surface area (Å²) >= 11 is 0. The SMILES string of the molecule is COCCC(C)Nc1ccc(N2CCCCC2)nc1. The van der Waals surface area contributed by atoms with E-state index < -0.39 is 0 Å². The molecule has 4 nitrogen and oxygen atoms in total. The quantitative estimate of drug-likeness (QED) is 0.856. The summed E-state index contributed by atoms with van der Waals surface area (Å²) in [6.07, 6.45) is 6.87. The molecule has 4 heteroatoms. The Balaban J connectivity index is 1.86. The van der Waals surface area contributed by atoms with Gasteiger partial charge in [0.25, 0.3) is 0 Å². The van der Waals surface area contributed by atoms with Crippen LogP contribution in [0.2, 0.25) is 0 Å². The number of nitrogens with one attached hydrogen (secondary N) is 1. The molecule has 1 saturated heterocycles. The molecule has 1 aromatic rings. The normalized spacial score (nSPS) is 17.3. The van der Waals surface area contributed by atoms with Crippen LogP contribution < -0.4 is 10.2 Å². The van der Waals surface area contributed by atoms with Crippen LogP contribution in [0.4, 0.5) is 11.5 Å². The van der Waals surface area contributed by atoms with Crippen molar-refractivity contribution in [2.75, 3.05) is 37.0 Å². The molecule has 0 aliphatic carbocycles. The van der Waals surface area contributed by atoms with Crippen LogP contribution in [0.15, 0.2) is 18.3 Å². The predicted molar refractivity (Wildman–Crippen MR) is 79.9 cm³/mol. The van der Waals surface area contributed by atoms with Crippen molar-refractivity contribution in [1.82, 2.24) is 4.98 Å². The minimum atomic E-state index is 0.405. The third-order valence-corrected chi connectivity index (χ3v) is 3.60. The second-order valence-corrected chi connectivity index (χ2v) is 5.28. The molecule has 1 aliphatic rings. The highest BCUT2D eigenvalue weighted by Gasteiger charge is 2.11. The molecule has 1 N–H and O–H groups in total. The fourth-order valence-corrected chi connectivity index (χ4v) is 2.43. The van der Waals surface area contributed by atoms with Gasteiger partial charge in [-0.3, -0.25) is 0 Å². The molecule has 0 saturated carbocycles. The number of methoxy groups -OCH3 is 1. The molecule has 19 heavy (non-hydrogen) atoms. The van der Waals surface area contributed by atoms with Crippen molar-refractivity contribution in [3.63, 3.8) is 0 Å². The van der Waals surface area contributed by atoms with E-state index in [-0.39, 0.29) is 0 Å². The fraction of sp³-hybridized carbons (Fsp3) is 0.667. The molecule has 2 rings (SSSR count). The molecule has 1 aliphatic heterocycles. The van der Waals surface area contributed by atoms with E-state index in [1.807, 2.05) is 6.20 Å². The number of nitrogens with zero attached hydrogens (tertiary/aromatic N) is 2. The van der Waals surface area contributed by atoms with Crippen molar-refractivity contribution >= 4 is 11.5 Å². The minimum Gasteiger partial charge on any atom is -0.385 e. The summed E-state index contributed by atoms with van der Waals surface area (Å²) in [5.41, 5.74) is 1.09. The van der Waals surface area contributed by atoms with Gasteiger partial charge in [0.2, 0.25) is 0 Å². The third-order valence-electron chi connectivity index (χ3n) is 3.60. The summed E-state index contributed by atoms with van der Waals surface area (Å²) < 4.78 is 5.09. The zero-order valence-electron chi connectivity index (χ0n) is 12.1. The average molecular weight is 263 g/mol. The number of hydrogen-bond acceptors (Lipinski definition) is 4. The van der Waals surface area contributed by atoms with Crippen molar-refractivity contribution < 1.29 is 4.74 Å². The smallest absolute Gasteiger partial charge is 0.128 e. The van der Waals surface area contributed by atoms with Crippen LogP contribution in [0.1, 0.15) is 32.6 Å². The van der Waals surface area contributed by atoms with Crippen molar-refractivity contribution in [2.45, 2.75) is 38.6 Å². The lowest BCUT2D eigenvalue weighted by molar-refractivity contribution is 0.191. The van der Waals surface area contributed by atoms with Crippen molar-refractivity contribution in [3.05, 3.63) is 18.3 Å². The van der Waals surface area contributed by atoms with Gasteiger partial charge in [0.05, 0.1) is 11.9 Å². The lowest BCUT2D eigenvalue weighted by atomic mass is 10.1. The van der Waals surface area contributed by atoms with E-state index in [4.69, 9.17) is 4.74 Å². The summed E-state index contributed by atoms with van der Waals surface area (Å²) in [6.45, 7) is 5.24. The second-order valence-electron chi connectivity index (χ2n) is 5.28. The molecule has 0 amide bonds. The maximum atomic E-state index is 5.09. The standard InChI is InChI=1S/C15H25N3O/c1-13(8-11-19-2)17-14-6-7-15(16-12-14)18-9-4-3-5-10-18/h6-7,12-13,17H,3-5,8-11H2,1-2H3. The maximum Gasteiger partial charge on any atom is 0.128 e. The highest BCUT2D eigenvalue weighted by Crippen LogP contribution is 2.19. The number of rotatable bonds is 6. The average Bonchev–Trinajstić information content (AvgIpc) is 2.47. The van der Waals surface area contributed by atoms with Gasteiger partial charge in [-0.2, -0.15) is 0 Å². The van der Waals surface area contributed by atoms with Crippen LogP contribution in [0, 0.1) is 0 Å². The minimum absolute atomic E-state index is 0.405. The van der Waals surface area contributed by atoms with Crippen LogP contribution in [-0.4, -0.2) is 37.8 Å². The van der Waals surface area contributed by atoms with Gasteiger partial charge >= 0.3 is 0 Å². The van der Waals surface area contributed by atoms with E-state index >= 15 is 0 Å². The van der Waals surface area contributed by atoms with Crippen LogP contribution in [0.25, 0.3) is 0 Å². The monoisotopic (exact) mass is 263 g/mol. The van der Waals surface area contributed by atoms with Crippen LogP contribution in [-0.2, 0) is 4.74 Å². The van der Waals surface area contributed by atoms with Gasteiger partial charge in [-0.05, 0) is 44.7 Å². The number of aromatic nitrogens is 1. The zero-order valence-corrected chi connectivity index (χ0v) is 12.1. The Labute approximate surface area is 116 Å². The number of ether oxygens (including phenoxy) is 1. The lowest BCUT2D eigenvalue weighted by Gasteiger charge is -2.27. The Morgan fingerprint density at radius 1 is 1.32 bits per heavy atom. The summed E-state index contributed by atoms with van der Waals surface area (Å²) in [6, 6.07) is 4.65. The van der Waals surface area contributed by atoms with Gasteiger partial charge in [-0.25, -0.2) is 4.98 Å². The van der Waals surface area contributed by atoms with Crippen molar-refractivity contribution in [3.8, 4) is 0 Å². The van der Waals surface area contributed by atoms with Gasteiger partial charge in [0, 0.05) is 32.8 Å². The second kappa shape index (κ2) is 7.34. The first-order chi connectivity index (χ1) is 9.29. The Hall–Kier alpha value is -1.29. The number of piperidine rings is 1. The highest BCUT2D eigenvalue weighted by atomic mass is 16.5. The molecular weight excluding hydrogens is 238 g/mol. The molecule has 0 spiro atoms. The topological polar surface area (TPSA) is 37.4 Å². The maximum absolute atomic E-state index is 5.09. The predicted octanol–water partition coefficient (Wildman–Crippen LogP) is 2.91. The molecule has 1 unspecified atom stereocenters. The molecule has 0 bridgehead atoms. The number of pyridine rings is 1. The Morgan fingerprint density at radius 3 is 2.74 bits per heavy atom. The van der Waals surface area contributed by atoms with Gasteiger partial charge in [0.15, 0.2) is 0 Å². The Kier molecular flexibility index (Phi) is 5.45. The fourth-order valence-electron chi connectivity index (χ4n) is 2.43. The summed E-state index contributed by atoms with van der Waals surface area (Å²) in [4.78, 5) is 6.94. The van der Waals surface area contributed by atoms with Crippen molar-refractivity contribution in [2.24, 2.45) is 0 Å². The van der Waals surface area contributed by atoms with Gasteiger partial charge in [0.1, 0.15) is 5.82 Å². The Bertz CT molecular complexity index is 360. The summed E-state index contributed by atoms with van der Waals surface area (Å²) in [5.74, 6) is 1.11. The molecule has 0 radical (unpaired) electrons. The van der Waals surface area contributed by atoms with E-state index in [1.54, 1.807) is 7.11 Å². The van der Waals surface area contributed by atoms with E-state index in [2.05, 4.69) is 34.3 Å². The first kappa shape index (κ1) is 14.1. The molecule has 1 atom stereocenters. The largest absolute Gasteiger partial charge is 0.385 e. The van der Waals surface area contributed by atoms with Gasteiger partial charge in [-0.15, -0.1) is 0 Å². The molecule has 1 aromatic heterocycles. The van der Waals surface area contributed by atoms with Crippen molar-refractivity contribution in [1.29, 1.82) is 0 Å². The number of hydrogen-bond donors (Lipinski definition) is 1. The first-order valence-electron chi connectivity index (χ1n) is 7.26. The van der Waals surface area contributed by atoms with E-state index in [9.17, 15) is 0 Å². The van der Waals surface area contributed by atoms with Gasteiger partial charge in [-0.1, -0.05) is 0 Å². The van der Waals surface area contributed by atoms with E-state index in [1.165, 1.54) is 19.3 Å². The molecule has 0 aromatic carbocycles. The summed E-state index contributed by atoms with van der Waals surface area (Å²) in [7, 11) is 1.74.